The first-order valence-electron chi connectivity index (χ1n) is 6.34. The van der Waals surface area contributed by atoms with Crippen molar-refractivity contribution in [3.8, 4) is 0 Å². The normalized spacial score (nSPS) is 12.7. The van der Waals surface area contributed by atoms with Gasteiger partial charge in [0.1, 0.15) is 5.82 Å². The van der Waals surface area contributed by atoms with Gasteiger partial charge in [0, 0.05) is 19.5 Å². The highest BCUT2D eigenvalue weighted by molar-refractivity contribution is 6.32. The number of aromatic nitrogens is 2. The van der Waals surface area contributed by atoms with E-state index in [2.05, 4.69) is 5.10 Å². The molecule has 1 aromatic carbocycles. The van der Waals surface area contributed by atoms with E-state index in [1.54, 1.807) is 16.8 Å². The third-order valence-corrected chi connectivity index (χ3v) is 4.01. The molecule has 0 radical (unpaired) electrons. The van der Waals surface area contributed by atoms with Gasteiger partial charge in [-0.1, -0.05) is 36.2 Å². The van der Waals surface area contributed by atoms with Crippen molar-refractivity contribution in [3.63, 3.8) is 0 Å². The standard InChI is InChI=1S/C14H16Cl2FN3/c1-3-12-14(16)13(20(2)19-12)7-11(18)8-4-5-10(17)9(15)6-8/h4-6,11H,3,7,18H2,1-2H3. The molecule has 0 amide bonds. The molecular weight excluding hydrogens is 300 g/mol. The van der Waals surface area contributed by atoms with E-state index in [-0.39, 0.29) is 11.1 Å². The Hall–Kier alpha value is -1.10. The van der Waals surface area contributed by atoms with E-state index in [1.165, 1.54) is 6.07 Å². The maximum absolute atomic E-state index is 13.2. The molecule has 0 saturated heterocycles. The van der Waals surface area contributed by atoms with Gasteiger partial charge in [-0.25, -0.2) is 4.39 Å². The third-order valence-electron chi connectivity index (χ3n) is 3.29. The van der Waals surface area contributed by atoms with Crippen molar-refractivity contribution in [2.24, 2.45) is 12.8 Å². The monoisotopic (exact) mass is 315 g/mol. The topological polar surface area (TPSA) is 43.8 Å². The summed E-state index contributed by atoms with van der Waals surface area (Å²) < 4.78 is 14.9. The van der Waals surface area contributed by atoms with Crippen LogP contribution >= 0.6 is 23.2 Å². The summed E-state index contributed by atoms with van der Waals surface area (Å²) in [6.07, 6.45) is 1.29. The van der Waals surface area contributed by atoms with Crippen LogP contribution in [0.4, 0.5) is 4.39 Å². The lowest BCUT2D eigenvalue weighted by molar-refractivity contribution is 0.619. The largest absolute Gasteiger partial charge is 0.324 e. The minimum Gasteiger partial charge on any atom is -0.324 e. The summed E-state index contributed by atoms with van der Waals surface area (Å²) in [5, 5.41) is 5.07. The molecule has 6 heteroatoms. The molecule has 1 unspecified atom stereocenters. The van der Waals surface area contributed by atoms with Crippen molar-refractivity contribution in [2.45, 2.75) is 25.8 Å². The smallest absolute Gasteiger partial charge is 0.141 e. The van der Waals surface area contributed by atoms with Gasteiger partial charge >= 0.3 is 0 Å². The molecule has 0 aliphatic rings. The number of benzene rings is 1. The van der Waals surface area contributed by atoms with E-state index < -0.39 is 5.82 Å². The lowest BCUT2D eigenvalue weighted by atomic mass is 10.0. The van der Waals surface area contributed by atoms with Gasteiger partial charge in [0.25, 0.3) is 0 Å². The van der Waals surface area contributed by atoms with Crippen molar-refractivity contribution in [1.29, 1.82) is 0 Å². The quantitative estimate of drug-likeness (QED) is 0.935. The van der Waals surface area contributed by atoms with Crippen LogP contribution in [0.25, 0.3) is 0 Å². The van der Waals surface area contributed by atoms with Crippen LogP contribution in [-0.2, 0) is 19.9 Å². The minimum absolute atomic E-state index is 0.0725. The van der Waals surface area contributed by atoms with Crippen LogP contribution in [0, 0.1) is 5.82 Å². The lowest BCUT2D eigenvalue weighted by Gasteiger charge is -2.13. The Morgan fingerprint density at radius 3 is 2.65 bits per heavy atom. The Bertz CT molecular complexity index is 625. The van der Waals surface area contributed by atoms with Gasteiger partial charge in [0.05, 0.1) is 21.4 Å². The number of nitrogens with zero attached hydrogens (tertiary/aromatic N) is 2. The van der Waals surface area contributed by atoms with E-state index in [9.17, 15) is 4.39 Å². The molecule has 0 bridgehead atoms. The predicted octanol–water partition coefficient (Wildman–Crippen LogP) is 3.67. The van der Waals surface area contributed by atoms with Gasteiger partial charge in [0.2, 0.25) is 0 Å². The molecule has 20 heavy (non-hydrogen) atoms. The van der Waals surface area contributed by atoms with Crippen molar-refractivity contribution in [3.05, 3.63) is 51.0 Å². The Balaban J connectivity index is 2.25. The molecular formula is C14H16Cl2FN3. The molecule has 0 saturated carbocycles. The lowest BCUT2D eigenvalue weighted by Crippen LogP contribution is -2.15. The molecule has 0 fully saturated rings. The van der Waals surface area contributed by atoms with Crippen LogP contribution in [0.5, 0.6) is 0 Å². The first kappa shape index (κ1) is 15.3. The van der Waals surface area contributed by atoms with Crippen molar-refractivity contribution >= 4 is 23.2 Å². The number of rotatable bonds is 4. The SMILES string of the molecule is CCc1nn(C)c(CC(N)c2ccc(F)c(Cl)c2)c1Cl. The van der Waals surface area contributed by atoms with Crippen LogP contribution in [0.2, 0.25) is 10.0 Å². The molecule has 1 atom stereocenters. The summed E-state index contributed by atoms with van der Waals surface area (Å²) in [4.78, 5) is 0. The highest BCUT2D eigenvalue weighted by atomic mass is 35.5. The molecule has 108 valence electrons. The van der Waals surface area contributed by atoms with Gasteiger partial charge in [-0.15, -0.1) is 0 Å². The van der Waals surface area contributed by atoms with Gasteiger partial charge in [-0.05, 0) is 24.1 Å². The predicted molar refractivity (Wildman–Crippen MR) is 79.6 cm³/mol. The second-order valence-electron chi connectivity index (χ2n) is 4.67. The second-order valence-corrected chi connectivity index (χ2v) is 5.45. The first-order chi connectivity index (χ1) is 9.43. The Labute approximate surface area is 127 Å². The zero-order valence-corrected chi connectivity index (χ0v) is 12.8. The number of hydrogen-bond donors (Lipinski definition) is 1. The first-order valence-corrected chi connectivity index (χ1v) is 7.10. The second kappa shape index (κ2) is 6.12. The molecule has 0 aliphatic heterocycles. The zero-order valence-electron chi connectivity index (χ0n) is 11.3. The fourth-order valence-electron chi connectivity index (χ4n) is 2.11. The van der Waals surface area contributed by atoms with Crippen LogP contribution < -0.4 is 5.73 Å². The zero-order chi connectivity index (χ0) is 14.9. The van der Waals surface area contributed by atoms with Crippen LogP contribution in [0.3, 0.4) is 0 Å². The van der Waals surface area contributed by atoms with Crippen LogP contribution in [-0.4, -0.2) is 9.78 Å². The fraction of sp³-hybridized carbons (Fsp3) is 0.357. The van der Waals surface area contributed by atoms with Gasteiger partial charge in [-0.2, -0.15) is 5.10 Å². The number of nitrogens with two attached hydrogens (primary N) is 1. The molecule has 1 heterocycles. The fourth-order valence-corrected chi connectivity index (χ4v) is 2.67. The summed E-state index contributed by atoms with van der Waals surface area (Å²) in [5.41, 5.74) is 8.65. The molecule has 0 spiro atoms. The summed E-state index contributed by atoms with van der Waals surface area (Å²) in [6, 6.07) is 4.19. The summed E-state index contributed by atoms with van der Waals surface area (Å²) >= 11 is 12.1. The molecule has 3 nitrogen and oxygen atoms in total. The number of aryl methyl sites for hydroxylation is 2. The highest BCUT2D eigenvalue weighted by Crippen LogP contribution is 2.27. The average molecular weight is 316 g/mol. The Morgan fingerprint density at radius 2 is 2.10 bits per heavy atom. The molecule has 1 aromatic heterocycles. The van der Waals surface area contributed by atoms with Crippen molar-refractivity contribution in [2.75, 3.05) is 0 Å². The Morgan fingerprint density at radius 1 is 1.40 bits per heavy atom. The van der Waals surface area contributed by atoms with Gasteiger partial charge < -0.3 is 5.73 Å². The third kappa shape index (κ3) is 2.97. The summed E-state index contributed by atoms with van der Waals surface area (Å²) in [5.74, 6) is -0.450. The van der Waals surface area contributed by atoms with Crippen molar-refractivity contribution in [1.82, 2.24) is 9.78 Å². The Kier molecular flexibility index (Phi) is 4.68. The van der Waals surface area contributed by atoms with E-state index in [0.717, 1.165) is 23.4 Å². The van der Waals surface area contributed by atoms with Crippen molar-refractivity contribution < 1.29 is 4.39 Å². The maximum Gasteiger partial charge on any atom is 0.141 e. The molecule has 0 aliphatic carbocycles. The van der Waals surface area contributed by atoms with Gasteiger partial charge in [0.15, 0.2) is 0 Å². The van der Waals surface area contributed by atoms with E-state index in [1.807, 2.05) is 14.0 Å². The van der Waals surface area contributed by atoms with Gasteiger partial charge in [-0.3, -0.25) is 4.68 Å². The van der Waals surface area contributed by atoms with E-state index in [4.69, 9.17) is 28.9 Å². The summed E-state index contributed by atoms with van der Waals surface area (Å²) in [6.45, 7) is 2.00. The minimum atomic E-state index is -0.450. The highest BCUT2D eigenvalue weighted by Gasteiger charge is 2.17. The number of hydrogen-bond acceptors (Lipinski definition) is 2. The number of halogens is 3. The van der Waals surface area contributed by atoms with E-state index in [0.29, 0.717) is 11.4 Å². The molecule has 2 N–H and O–H groups in total. The van der Waals surface area contributed by atoms with Crippen LogP contribution in [0.15, 0.2) is 18.2 Å². The maximum atomic E-state index is 13.2. The average Bonchev–Trinajstić information content (AvgIpc) is 2.69. The molecule has 2 aromatic rings. The molecule has 2 rings (SSSR count). The van der Waals surface area contributed by atoms with E-state index >= 15 is 0 Å². The summed E-state index contributed by atoms with van der Waals surface area (Å²) in [7, 11) is 1.84. The van der Waals surface area contributed by atoms with Crippen LogP contribution in [0.1, 0.15) is 29.9 Å².